The molecule has 1 saturated carbocycles. The third-order valence-corrected chi connectivity index (χ3v) is 3.84. The van der Waals surface area contributed by atoms with Crippen molar-refractivity contribution in [3.05, 3.63) is 48.4 Å². The van der Waals surface area contributed by atoms with Crippen LogP contribution in [0.3, 0.4) is 0 Å². The van der Waals surface area contributed by atoms with Gasteiger partial charge in [-0.2, -0.15) is 0 Å². The molecule has 1 fully saturated rings. The molecule has 1 aliphatic carbocycles. The van der Waals surface area contributed by atoms with Crippen LogP contribution in [-0.2, 0) is 16.1 Å². The Balaban J connectivity index is 1.47. The van der Waals surface area contributed by atoms with Crippen molar-refractivity contribution in [3.63, 3.8) is 0 Å². The van der Waals surface area contributed by atoms with Crippen LogP contribution in [0.2, 0.25) is 0 Å². The molecule has 2 unspecified atom stereocenters. The molecule has 2 amide bonds. The fourth-order valence-electron chi connectivity index (χ4n) is 2.40. The van der Waals surface area contributed by atoms with Crippen molar-refractivity contribution < 1.29 is 18.7 Å². The van der Waals surface area contributed by atoms with Gasteiger partial charge in [0, 0.05) is 5.69 Å². The molecule has 2 aromatic rings. The van der Waals surface area contributed by atoms with E-state index >= 15 is 0 Å². The highest BCUT2D eigenvalue weighted by atomic mass is 16.5. The van der Waals surface area contributed by atoms with Crippen LogP contribution in [0.5, 0.6) is 5.75 Å². The number of anilines is 1. The lowest BCUT2D eigenvalue weighted by molar-refractivity contribution is -0.125. The second-order valence-electron chi connectivity index (χ2n) is 5.46. The smallest absolute Gasteiger partial charge is 0.228 e. The van der Waals surface area contributed by atoms with Crippen molar-refractivity contribution in [1.29, 1.82) is 0 Å². The van der Waals surface area contributed by atoms with Crippen molar-refractivity contribution in [1.82, 2.24) is 5.32 Å². The van der Waals surface area contributed by atoms with E-state index in [-0.39, 0.29) is 23.7 Å². The average Bonchev–Trinajstić information content (AvgIpc) is 3.21. The molecule has 6 heteroatoms. The molecule has 120 valence electrons. The first-order valence-electron chi connectivity index (χ1n) is 7.42. The molecule has 6 nitrogen and oxygen atoms in total. The Hall–Kier alpha value is -2.76. The summed E-state index contributed by atoms with van der Waals surface area (Å²) in [5.74, 6) is 0.643. The van der Waals surface area contributed by atoms with Crippen LogP contribution in [0.1, 0.15) is 12.2 Å². The zero-order valence-electron chi connectivity index (χ0n) is 12.7. The summed E-state index contributed by atoms with van der Waals surface area (Å²) in [5.41, 5.74) is 0.692. The Morgan fingerprint density at radius 1 is 1.17 bits per heavy atom. The number of furan rings is 1. The first-order valence-corrected chi connectivity index (χ1v) is 7.42. The zero-order chi connectivity index (χ0) is 16.2. The number of benzene rings is 1. The number of rotatable bonds is 6. The normalized spacial score (nSPS) is 19.0. The van der Waals surface area contributed by atoms with E-state index in [0.717, 1.165) is 5.75 Å². The number of hydrogen-bond acceptors (Lipinski definition) is 4. The van der Waals surface area contributed by atoms with Gasteiger partial charge < -0.3 is 19.8 Å². The fourth-order valence-corrected chi connectivity index (χ4v) is 2.40. The van der Waals surface area contributed by atoms with Gasteiger partial charge in [-0.25, -0.2) is 0 Å². The summed E-state index contributed by atoms with van der Waals surface area (Å²) in [5, 5.41) is 5.60. The molecule has 3 rings (SSSR count). The largest absolute Gasteiger partial charge is 0.497 e. The predicted molar refractivity (Wildman–Crippen MR) is 83.8 cm³/mol. The van der Waals surface area contributed by atoms with Crippen molar-refractivity contribution in [3.8, 4) is 5.75 Å². The molecule has 0 spiro atoms. The predicted octanol–water partition coefficient (Wildman–Crippen LogP) is 2.18. The van der Waals surface area contributed by atoms with Crippen molar-refractivity contribution in [2.45, 2.75) is 13.0 Å². The molecular formula is C17H18N2O4. The standard InChI is InChI=1S/C17H18N2O4/c1-22-12-6-4-11(5-7-12)19-17(21)15-9-14(15)16(20)18-10-13-3-2-8-23-13/h2-8,14-15H,9-10H2,1H3,(H,18,20)(H,19,21). The van der Waals surface area contributed by atoms with E-state index in [1.54, 1.807) is 49.8 Å². The first-order chi connectivity index (χ1) is 11.2. The lowest BCUT2D eigenvalue weighted by atomic mass is 10.2. The highest BCUT2D eigenvalue weighted by molar-refractivity contribution is 5.99. The van der Waals surface area contributed by atoms with Gasteiger partial charge in [-0.15, -0.1) is 0 Å². The summed E-state index contributed by atoms with van der Waals surface area (Å²) in [7, 11) is 1.59. The Morgan fingerprint density at radius 2 is 1.91 bits per heavy atom. The summed E-state index contributed by atoms with van der Waals surface area (Å²) in [6.45, 7) is 0.342. The van der Waals surface area contributed by atoms with E-state index in [1.165, 1.54) is 0 Å². The summed E-state index contributed by atoms with van der Waals surface area (Å²) in [6.07, 6.45) is 2.13. The first kappa shape index (κ1) is 15.1. The molecule has 0 saturated heterocycles. The van der Waals surface area contributed by atoms with Crippen molar-refractivity contribution in [2.24, 2.45) is 11.8 Å². The molecule has 1 heterocycles. The molecule has 0 radical (unpaired) electrons. The lowest BCUT2D eigenvalue weighted by Gasteiger charge is -2.06. The molecule has 1 aliphatic rings. The molecule has 2 atom stereocenters. The van der Waals surface area contributed by atoms with Crippen molar-refractivity contribution in [2.75, 3.05) is 12.4 Å². The van der Waals surface area contributed by atoms with Gasteiger partial charge in [0.1, 0.15) is 11.5 Å². The third-order valence-electron chi connectivity index (χ3n) is 3.84. The minimum atomic E-state index is -0.270. The van der Waals surface area contributed by atoms with Gasteiger partial charge in [0.2, 0.25) is 11.8 Å². The second-order valence-corrected chi connectivity index (χ2v) is 5.46. The minimum absolute atomic E-state index is 0.115. The molecular weight excluding hydrogens is 296 g/mol. The topological polar surface area (TPSA) is 80.6 Å². The summed E-state index contributed by atoms with van der Waals surface area (Å²) in [4.78, 5) is 24.1. The monoisotopic (exact) mass is 314 g/mol. The van der Waals surface area contributed by atoms with Crippen LogP contribution in [0.25, 0.3) is 0 Å². The average molecular weight is 314 g/mol. The number of carbonyl (C=O) groups is 2. The van der Waals surface area contributed by atoms with E-state index < -0.39 is 0 Å². The van der Waals surface area contributed by atoms with Crippen LogP contribution < -0.4 is 15.4 Å². The molecule has 1 aromatic carbocycles. The van der Waals surface area contributed by atoms with Crippen LogP contribution in [-0.4, -0.2) is 18.9 Å². The van der Waals surface area contributed by atoms with Gasteiger partial charge in [0.25, 0.3) is 0 Å². The number of methoxy groups -OCH3 is 1. The van der Waals surface area contributed by atoms with E-state index in [0.29, 0.717) is 24.4 Å². The van der Waals surface area contributed by atoms with E-state index in [1.807, 2.05) is 0 Å². The number of hydrogen-bond donors (Lipinski definition) is 2. The van der Waals surface area contributed by atoms with Gasteiger partial charge in [0.15, 0.2) is 0 Å². The molecule has 1 aromatic heterocycles. The molecule has 0 aliphatic heterocycles. The van der Waals surface area contributed by atoms with Crippen LogP contribution in [0.4, 0.5) is 5.69 Å². The van der Waals surface area contributed by atoms with Gasteiger partial charge in [-0.05, 0) is 42.8 Å². The van der Waals surface area contributed by atoms with Crippen LogP contribution in [0, 0.1) is 11.8 Å². The number of ether oxygens (including phenoxy) is 1. The van der Waals surface area contributed by atoms with E-state index in [2.05, 4.69) is 10.6 Å². The maximum atomic E-state index is 12.1. The molecule has 23 heavy (non-hydrogen) atoms. The van der Waals surface area contributed by atoms with E-state index in [9.17, 15) is 9.59 Å². The summed E-state index contributed by atoms with van der Waals surface area (Å²) in [6, 6.07) is 10.6. The Bertz CT molecular complexity index is 679. The number of nitrogens with one attached hydrogen (secondary N) is 2. The number of amides is 2. The molecule has 2 N–H and O–H groups in total. The summed E-state index contributed by atoms with van der Waals surface area (Å²) >= 11 is 0. The minimum Gasteiger partial charge on any atom is -0.497 e. The third kappa shape index (κ3) is 3.71. The highest BCUT2D eigenvalue weighted by Gasteiger charge is 2.47. The fraction of sp³-hybridized carbons (Fsp3) is 0.294. The van der Waals surface area contributed by atoms with Gasteiger partial charge in [-0.3, -0.25) is 9.59 Å². The maximum absolute atomic E-state index is 12.1. The van der Waals surface area contributed by atoms with Gasteiger partial charge >= 0.3 is 0 Å². The van der Waals surface area contributed by atoms with Gasteiger partial charge in [-0.1, -0.05) is 0 Å². The summed E-state index contributed by atoms with van der Waals surface area (Å²) < 4.78 is 10.2. The Labute approximate surface area is 133 Å². The quantitative estimate of drug-likeness (QED) is 0.856. The molecule has 0 bridgehead atoms. The second kappa shape index (κ2) is 6.56. The number of carbonyl (C=O) groups excluding carboxylic acids is 2. The maximum Gasteiger partial charge on any atom is 0.228 e. The van der Waals surface area contributed by atoms with Crippen LogP contribution >= 0.6 is 0 Å². The lowest BCUT2D eigenvalue weighted by Crippen LogP contribution is -2.26. The van der Waals surface area contributed by atoms with Gasteiger partial charge in [0.05, 0.1) is 31.8 Å². The van der Waals surface area contributed by atoms with Crippen molar-refractivity contribution >= 4 is 17.5 Å². The van der Waals surface area contributed by atoms with E-state index in [4.69, 9.17) is 9.15 Å². The highest BCUT2D eigenvalue weighted by Crippen LogP contribution is 2.39. The Morgan fingerprint density at radius 3 is 2.57 bits per heavy atom. The van der Waals surface area contributed by atoms with Crippen LogP contribution in [0.15, 0.2) is 47.1 Å². The Kier molecular flexibility index (Phi) is 4.32. The zero-order valence-corrected chi connectivity index (χ0v) is 12.7. The SMILES string of the molecule is COc1ccc(NC(=O)C2CC2C(=O)NCc2ccco2)cc1.